The lowest BCUT2D eigenvalue weighted by Gasteiger charge is -2.20. The van der Waals surface area contributed by atoms with E-state index in [0.29, 0.717) is 13.1 Å². The number of allylic oxidation sites excluding steroid dienone is 4. The van der Waals surface area contributed by atoms with Crippen molar-refractivity contribution in [3.05, 3.63) is 60.1 Å². The van der Waals surface area contributed by atoms with E-state index in [9.17, 15) is 4.79 Å². The van der Waals surface area contributed by atoms with Crippen LogP contribution in [0.4, 0.5) is 10.5 Å². The lowest BCUT2D eigenvalue weighted by atomic mass is 10.1. The molecule has 0 bridgehead atoms. The zero-order valence-electron chi connectivity index (χ0n) is 13.7. The van der Waals surface area contributed by atoms with Crippen molar-refractivity contribution in [1.82, 2.24) is 9.88 Å². The van der Waals surface area contributed by atoms with Crippen LogP contribution in [0.2, 0.25) is 0 Å². The maximum Gasteiger partial charge on any atom is 0.329 e. The Morgan fingerprint density at radius 2 is 2.00 bits per heavy atom. The van der Waals surface area contributed by atoms with Gasteiger partial charge in [-0.2, -0.15) is 0 Å². The molecule has 2 heterocycles. The van der Waals surface area contributed by atoms with Crippen molar-refractivity contribution < 1.29 is 4.79 Å². The van der Waals surface area contributed by atoms with Crippen LogP contribution in [-0.2, 0) is 0 Å². The van der Waals surface area contributed by atoms with Crippen LogP contribution in [0.25, 0.3) is 0 Å². The van der Waals surface area contributed by atoms with E-state index in [-0.39, 0.29) is 6.03 Å². The van der Waals surface area contributed by atoms with Crippen LogP contribution in [0.5, 0.6) is 0 Å². The topological polar surface area (TPSA) is 36.4 Å². The number of nitrogens with zero attached hydrogens (tertiary/aromatic N) is 3. The normalized spacial score (nSPS) is 23.1. The standard InChI is InChI=1S/C19H23N3O/c1-15-6-4-3-5-7-17(9-8-15)21-12-13-22(19(21)23)18-14-20-11-10-16(18)2/h7-11,14H,1,3-6,12-13H2,2H3/b9-8-,17-7+. The van der Waals surface area contributed by atoms with Crippen LogP contribution in [0.1, 0.15) is 31.2 Å². The quantitative estimate of drug-likeness (QED) is 0.821. The molecular weight excluding hydrogens is 286 g/mol. The molecule has 23 heavy (non-hydrogen) atoms. The Hall–Kier alpha value is -2.36. The van der Waals surface area contributed by atoms with Gasteiger partial charge in [-0.25, -0.2) is 4.79 Å². The van der Waals surface area contributed by atoms with Gasteiger partial charge in [0.2, 0.25) is 0 Å². The molecule has 120 valence electrons. The molecule has 2 amide bonds. The first kappa shape index (κ1) is 15.5. The fourth-order valence-corrected chi connectivity index (χ4v) is 3.04. The highest BCUT2D eigenvalue weighted by molar-refractivity contribution is 5.96. The second-order valence-electron chi connectivity index (χ2n) is 6.11. The Morgan fingerprint density at radius 1 is 1.17 bits per heavy atom. The molecule has 2 aliphatic rings. The molecule has 0 radical (unpaired) electrons. The number of urea groups is 1. The predicted molar refractivity (Wildman–Crippen MR) is 93.3 cm³/mol. The SMILES string of the molecule is C=C1/C=C\C(N2CCN(c3cnccc3C)C2=O)=C/CCCC1. The van der Waals surface area contributed by atoms with E-state index in [0.717, 1.165) is 48.2 Å². The van der Waals surface area contributed by atoms with Crippen molar-refractivity contribution in [3.8, 4) is 0 Å². The van der Waals surface area contributed by atoms with E-state index in [1.165, 1.54) is 0 Å². The summed E-state index contributed by atoms with van der Waals surface area (Å²) in [4.78, 5) is 20.7. The summed E-state index contributed by atoms with van der Waals surface area (Å²) in [5.41, 5.74) is 4.09. The molecule has 1 aromatic rings. The van der Waals surface area contributed by atoms with Gasteiger partial charge in [-0.1, -0.05) is 24.3 Å². The van der Waals surface area contributed by atoms with Crippen molar-refractivity contribution in [2.75, 3.05) is 18.0 Å². The van der Waals surface area contributed by atoms with Crippen LogP contribution < -0.4 is 4.90 Å². The summed E-state index contributed by atoms with van der Waals surface area (Å²) >= 11 is 0. The van der Waals surface area contributed by atoms with Crippen molar-refractivity contribution in [3.63, 3.8) is 0 Å². The number of aromatic nitrogens is 1. The average Bonchev–Trinajstić information content (AvgIpc) is 2.95. The Morgan fingerprint density at radius 3 is 2.83 bits per heavy atom. The molecule has 0 spiro atoms. The molecule has 0 saturated carbocycles. The summed E-state index contributed by atoms with van der Waals surface area (Å²) in [6.45, 7) is 7.48. The van der Waals surface area contributed by atoms with Gasteiger partial charge in [0.05, 0.1) is 11.9 Å². The fraction of sp³-hybridized carbons (Fsp3) is 0.368. The van der Waals surface area contributed by atoms with E-state index < -0.39 is 0 Å². The first-order chi connectivity index (χ1) is 11.2. The van der Waals surface area contributed by atoms with Crippen molar-refractivity contribution >= 4 is 11.7 Å². The van der Waals surface area contributed by atoms with Gasteiger partial charge in [-0.05, 0) is 50.3 Å². The molecule has 1 aliphatic carbocycles. The zero-order valence-corrected chi connectivity index (χ0v) is 13.7. The predicted octanol–water partition coefficient (Wildman–Crippen LogP) is 4.20. The van der Waals surface area contributed by atoms with Crippen molar-refractivity contribution in [1.29, 1.82) is 0 Å². The molecule has 0 atom stereocenters. The largest absolute Gasteiger partial charge is 0.329 e. The van der Waals surface area contributed by atoms with Crippen LogP contribution in [0.3, 0.4) is 0 Å². The van der Waals surface area contributed by atoms with Gasteiger partial charge in [0.25, 0.3) is 0 Å². The van der Waals surface area contributed by atoms with Gasteiger partial charge in [0, 0.05) is 25.0 Å². The monoisotopic (exact) mass is 309 g/mol. The lowest BCUT2D eigenvalue weighted by Crippen LogP contribution is -2.31. The van der Waals surface area contributed by atoms with Crippen LogP contribution in [-0.4, -0.2) is 29.0 Å². The van der Waals surface area contributed by atoms with Gasteiger partial charge in [-0.3, -0.25) is 14.8 Å². The third-order valence-corrected chi connectivity index (χ3v) is 4.42. The van der Waals surface area contributed by atoms with Crippen molar-refractivity contribution in [2.24, 2.45) is 0 Å². The third kappa shape index (κ3) is 3.36. The zero-order chi connectivity index (χ0) is 16.2. The Bertz CT molecular complexity index is 675. The number of anilines is 1. The molecule has 0 unspecified atom stereocenters. The highest BCUT2D eigenvalue weighted by Crippen LogP contribution is 2.26. The molecule has 1 aliphatic heterocycles. The highest BCUT2D eigenvalue weighted by Gasteiger charge is 2.31. The smallest absolute Gasteiger partial charge is 0.293 e. The molecule has 3 rings (SSSR count). The molecule has 1 aromatic heterocycles. The van der Waals surface area contributed by atoms with E-state index in [1.807, 2.05) is 34.9 Å². The third-order valence-electron chi connectivity index (χ3n) is 4.42. The minimum absolute atomic E-state index is 0.0295. The average molecular weight is 309 g/mol. The number of carbonyl (C=O) groups is 1. The van der Waals surface area contributed by atoms with Crippen molar-refractivity contribution in [2.45, 2.75) is 32.6 Å². The number of hydrogen-bond donors (Lipinski definition) is 0. The molecule has 4 nitrogen and oxygen atoms in total. The number of amides is 2. The second kappa shape index (κ2) is 6.82. The number of hydrogen-bond acceptors (Lipinski definition) is 2. The number of pyridine rings is 1. The van der Waals surface area contributed by atoms with E-state index >= 15 is 0 Å². The highest BCUT2D eigenvalue weighted by atomic mass is 16.2. The maximum atomic E-state index is 12.9. The van der Waals surface area contributed by atoms with Gasteiger partial charge in [0.1, 0.15) is 0 Å². The van der Waals surface area contributed by atoms with E-state index in [1.54, 1.807) is 12.4 Å². The minimum atomic E-state index is 0.0295. The molecular formula is C19H23N3O. The second-order valence-corrected chi connectivity index (χ2v) is 6.11. The van der Waals surface area contributed by atoms with E-state index in [4.69, 9.17) is 0 Å². The van der Waals surface area contributed by atoms with Gasteiger partial charge in [0.15, 0.2) is 0 Å². The fourth-order valence-electron chi connectivity index (χ4n) is 3.04. The Balaban J connectivity index is 1.83. The molecule has 4 heteroatoms. The number of carbonyl (C=O) groups excluding carboxylic acids is 1. The molecule has 1 saturated heterocycles. The maximum absolute atomic E-state index is 12.9. The summed E-state index contributed by atoms with van der Waals surface area (Å²) in [7, 11) is 0. The van der Waals surface area contributed by atoms with Crippen LogP contribution >= 0.6 is 0 Å². The lowest BCUT2D eigenvalue weighted by molar-refractivity contribution is 0.231. The summed E-state index contributed by atoms with van der Waals surface area (Å²) in [6, 6.07) is 1.97. The summed E-state index contributed by atoms with van der Waals surface area (Å²) in [6.07, 6.45) is 14.1. The van der Waals surface area contributed by atoms with Gasteiger partial charge < -0.3 is 0 Å². The number of aryl methyl sites for hydroxylation is 1. The molecule has 0 N–H and O–H groups in total. The first-order valence-corrected chi connectivity index (χ1v) is 8.22. The summed E-state index contributed by atoms with van der Waals surface area (Å²) in [5.74, 6) is 0. The Labute approximate surface area is 137 Å². The summed E-state index contributed by atoms with van der Waals surface area (Å²) < 4.78 is 0. The Kier molecular flexibility index (Phi) is 4.60. The number of rotatable bonds is 2. The molecule has 0 aromatic carbocycles. The molecule has 1 fully saturated rings. The van der Waals surface area contributed by atoms with Crippen LogP contribution in [0.15, 0.2) is 54.5 Å². The minimum Gasteiger partial charge on any atom is -0.293 e. The summed E-state index contributed by atoms with van der Waals surface area (Å²) in [5, 5.41) is 0. The van der Waals surface area contributed by atoms with Gasteiger partial charge in [-0.15, -0.1) is 0 Å². The first-order valence-electron chi connectivity index (χ1n) is 8.22. The van der Waals surface area contributed by atoms with Gasteiger partial charge >= 0.3 is 6.03 Å². The van der Waals surface area contributed by atoms with E-state index in [2.05, 4.69) is 17.6 Å². The van der Waals surface area contributed by atoms with Crippen LogP contribution in [0, 0.1) is 6.92 Å².